The predicted molar refractivity (Wildman–Crippen MR) is 53.8 cm³/mol. The second kappa shape index (κ2) is 4.06. The fourth-order valence-corrected chi connectivity index (χ4v) is 1.22. The molecule has 0 amide bonds. The van der Waals surface area contributed by atoms with Crippen molar-refractivity contribution in [2.24, 2.45) is 5.73 Å². The fraction of sp³-hybridized carbons (Fsp3) is 0.778. The Balaban J connectivity index is 2.58. The van der Waals surface area contributed by atoms with Crippen LogP contribution in [0.15, 0.2) is 0 Å². The minimum atomic E-state index is -0.813. The molecule has 5 heteroatoms. The summed E-state index contributed by atoms with van der Waals surface area (Å²) >= 11 is 0. The third-order valence-corrected chi connectivity index (χ3v) is 2.26. The van der Waals surface area contributed by atoms with Crippen LogP contribution in [0.1, 0.15) is 25.0 Å². The van der Waals surface area contributed by atoms with Crippen molar-refractivity contribution in [3.8, 4) is 0 Å². The summed E-state index contributed by atoms with van der Waals surface area (Å²) in [7, 11) is 0. The van der Waals surface area contributed by atoms with Crippen molar-refractivity contribution in [1.82, 2.24) is 14.8 Å². The SMILES string of the molecule is Cc1nc(C)n(CCC(C)(O)CN)n1. The molecule has 1 rings (SSSR count). The lowest BCUT2D eigenvalue weighted by Crippen LogP contribution is -2.35. The highest BCUT2D eigenvalue weighted by Gasteiger charge is 2.18. The quantitative estimate of drug-likeness (QED) is 0.713. The van der Waals surface area contributed by atoms with E-state index in [1.165, 1.54) is 0 Å². The van der Waals surface area contributed by atoms with Crippen molar-refractivity contribution in [2.75, 3.05) is 6.54 Å². The first-order chi connectivity index (χ1) is 6.44. The smallest absolute Gasteiger partial charge is 0.147 e. The standard InChI is InChI=1S/C9H18N4O/c1-7-11-8(2)13(12-7)5-4-9(3,14)6-10/h14H,4-6,10H2,1-3H3. The minimum absolute atomic E-state index is 0.264. The van der Waals surface area contributed by atoms with E-state index < -0.39 is 5.60 Å². The van der Waals surface area contributed by atoms with Gasteiger partial charge in [-0.1, -0.05) is 0 Å². The Morgan fingerprint density at radius 1 is 1.50 bits per heavy atom. The zero-order valence-corrected chi connectivity index (χ0v) is 8.99. The maximum Gasteiger partial charge on any atom is 0.147 e. The van der Waals surface area contributed by atoms with Gasteiger partial charge in [0.25, 0.3) is 0 Å². The number of aromatic nitrogens is 3. The van der Waals surface area contributed by atoms with Crippen molar-refractivity contribution in [3.05, 3.63) is 11.6 Å². The van der Waals surface area contributed by atoms with Crippen LogP contribution in [-0.4, -0.2) is 32.0 Å². The Morgan fingerprint density at radius 3 is 2.57 bits per heavy atom. The van der Waals surface area contributed by atoms with Gasteiger partial charge in [-0.3, -0.25) is 4.68 Å². The van der Waals surface area contributed by atoms with E-state index in [1.807, 2.05) is 13.8 Å². The Hall–Kier alpha value is -0.940. The highest BCUT2D eigenvalue weighted by atomic mass is 16.3. The summed E-state index contributed by atoms with van der Waals surface area (Å²) in [4.78, 5) is 4.18. The summed E-state index contributed by atoms with van der Waals surface area (Å²) in [5.41, 5.74) is 4.61. The van der Waals surface area contributed by atoms with Crippen molar-refractivity contribution in [3.63, 3.8) is 0 Å². The molecule has 0 saturated carbocycles. The summed E-state index contributed by atoms with van der Waals surface area (Å²) in [5.74, 6) is 1.63. The van der Waals surface area contributed by atoms with Crippen LogP contribution in [-0.2, 0) is 6.54 Å². The number of aryl methyl sites for hydroxylation is 3. The van der Waals surface area contributed by atoms with E-state index in [2.05, 4.69) is 10.1 Å². The largest absolute Gasteiger partial charge is 0.389 e. The Labute approximate surface area is 83.9 Å². The molecule has 0 aliphatic carbocycles. The number of nitrogens with zero attached hydrogens (tertiary/aromatic N) is 3. The third kappa shape index (κ3) is 2.78. The van der Waals surface area contributed by atoms with Crippen LogP contribution in [0.5, 0.6) is 0 Å². The molecule has 0 fully saturated rings. The topological polar surface area (TPSA) is 77.0 Å². The fourth-order valence-electron chi connectivity index (χ4n) is 1.22. The summed E-state index contributed by atoms with van der Waals surface area (Å²) < 4.78 is 1.79. The van der Waals surface area contributed by atoms with Gasteiger partial charge in [0.2, 0.25) is 0 Å². The zero-order chi connectivity index (χ0) is 10.8. The number of hydrogen-bond donors (Lipinski definition) is 2. The molecule has 1 aromatic rings. The van der Waals surface area contributed by atoms with Crippen LogP contribution in [0.2, 0.25) is 0 Å². The molecule has 0 aliphatic rings. The van der Waals surface area contributed by atoms with E-state index in [0.29, 0.717) is 13.0 Å². The number of nitrogens with two attached hydrogens (primary N) is 1. The minimum Gasteiger partial charge on any atom is -0.389 e. The maximum atomic E-state index is 9.70. The number of hydrogen-bond acceptors (Lipinski definition) is 4. The molecule has 80 valence electrons. The lowest BCUT2D eigenvalue weighted by atomic mass is 10.0. The van der Waals surface area contributed by atoms with E-state index in [1.54, 1.807) is 11.6 Å². The molecule has 1 aromatic heterocycles. The van der Waals surface area contributed by atoms with Gasteiger partial charge in [-0.15, -0.1) is 0 Å². The van der Waals surface area contributed by atoms with E-state index in [0.717, 1.165) is 11.6 Å². The normalized spacial score (nSPS) is 15.5. The van der Waals surface area contributed by atoms with Gasteiger partial charge in [0.15, 0.2) is 0 Å². The second-order valence-electron chi connectivity index (χ2n) is 3.88. The first-order valence-corrected chi connectivity index (χ1v) is 4.75. The van der Waals surface area contributed by atoms with Gasteiger partial charge in [-0.25, -0.2) is 4.98 Å². The first kappa shape index (κ1) is 11.1. The molecular formula is C9H18N4O. The van der Waals surface area contributed by atoms with Crippen LogP contribution in [0, 0.1) is 13.8 Å². The van der Waals surface area contributed by atoms with Crippen LogP contribution >= 0.6 is 0 Å². The molecule has 0 saturated heterocycles. The van der Waals surface area contributed by atoms with Crippen molar-refractivity contribution < 1.29 is 5.11 Å². The van der Waals surface area contributed by atoms with Crippen LogP contribution in [0.3, 0.4) is 0 Å². The second-order valence-corrected chi connectivity index (χ2v) is 3.88. The first-order valence-electron chi connectivity index (χ1n) is 4.75. The number of rotatable bonds is 4. The van der Waals surface area contributed by atoms with Gasteiger partial charge < -0.3 is 10.8 Å². The van der Waals surface area contributed by atoms with Gasteiger partial charge in [0.1, 0.15) is 11.6 Å². The van der Waals surface area contributed by atoms with Gasteiger partial charge in [-0.05, 0) is 27.2 Å². The summed E-state index contributed by atoms with van der Waals surface area (Å²) in [6.07, 6.45) is 0.590. The van der Waals surface area contributed by atoms with E-state index in [9.17, 15) is 5.11 Å². The van der Waals surface area contributed by atoms with Gasteiger partial charge in [-0.2, -0.15) is 5.10 Å². The molecule has 14 heavy (non-hydrogen) atoms. The average Bonchev–Trinajstić information content (AvgIpc) is 2.42. The lowest BCUT2D eigenvalue weighted by Gasteiger charge is -2.20. The van der Waals surface area contributed by atoms with E-state index >= 15 is 0 Å². The average molecular weight is 198 g/mol. The lowest BCUT2D eigenvalue weighted by molar-refractivity contribution is 0.0541. The molecule has 3 N–H and O–H groups in total. The highest BCUT2D eigenvalue weighted by Crippen LogP contribution is 2.09. The van der Waals surface area contributed by atoms with Crippen LogP contribution in [0.25, 0.3) is 0 Å². The molecule has 0 radical (unpaired) electrons. The predicted octanol–water partition coefficient (Wildman–Crippen LogP) is -0.00526. The molecule has 0 aromatic carbocycles. The molecule has 0 bridgehead atoms. The molecular weight excluding hydrogens is 180 g/mol. The molecule has 1 unspecified atom stereocenters. The maximum absolute atomic E-state index is 9.70. The monoisotopic (exact) mass is 198 g/mol. The highest BCUT2D eigenvalue weighted by molar-refractivity contribution is 4.88. The third-order valence-electron chi connectivity index (χ3n) is 2.26. The van der Waals surface area contributed by atoms with Crippen molar-refractivity contribution in [1.29, 1.82) is 0 Å². The molecule has 1 heterocycles. The van der Waals surface area contributed by atoms with Crippen LogP contribution in [0.4, 0.5) is 0 Å². The summed E-state index contributed by atoms with van der Waals surface area (Å²) in [5, 5.41) is 13.9. The van der Waals surface area contributed by atoms with E-state index in [-0.39, 0.29) is 6.54 Å². The van der Waals surface area contributed by atoms with Crippen molar-refractivity contribution in [2.45, 2.75) is 39.3 Å². The Kier molecular flexibility index (Phi) is 3.23. The Bertz CT molecular complexity index is 306. The Morgan fingerprint density at radius 2 is 2.14 bits per heavy atom. The number of aliphatic hydroxyl groups is 1. The zero-order valence-electron chi connectivity index (χ0n) is 8.99. The molecule has 0 spiro atoms. The summed E-state index contributed by atoms with van der Waals surface area (Å²) in [6, 6.07) is 0. The van der Waals surface area contributed by atoms with Gasteiger partial charge >= 0.3 is 0 Å². The summed E-state index contributed by atoms with van der Waals surface area (Å²) in [6.45, 7) is 6.39. The molecule has 0 aliphatic heterocycles. The van der Waals surface area contributed by atoms with E-state index in [4.69, 9.17) is 5.73 Å². The van der Waals surface area contributed by atoms with Crippen LogP contribution < -0.4 is 5.73 Å². The van der Waals surface area contributed by atoms with Gasteiger partial charge in [0, 0.05) is 13.1 Å². The molecule has 1 atom stereocenters. The van der Waals surface area contributed by atoms with Gasteiger partial charge in [0.05, 0.1) is 5.60 Å². The molecule has 5 nitrogen and oxygen atoms in total. The van der Waals surface area contributed by atoms with Crippen molar-refractivity contribution >= 4 is 0 Å².